The van der Waals surface area contributed by atoms with Crippen LogP contribution >= 0.6 is 11.6 Å². The highest BCUT2D eigenvalue weighted by atomic mass is 35.5. The Labute approximate surface area is 163 Å². The number of methoxy groups -OCH3 is 2. The molecule has 0 aromatic heterocycles. The zero-order chi connectivity index (χ0) is 19.4. The summed E-state index contributed by atoms with van der Waals surface area (Å²) in [5.74, 6) is 1.02. The third-order valence-corrected chi connectivity index (χ3v) is 4.79. The van der Waals surface area contributed by atoms with Gasteiger partial charge in [0.2, 0.25) is 5.91 Å². The molecule has 0 aliphatic carbocycles. The van der Waals surface area contributed by atoms with Crippen molar-refractivity contribution in [2.45, 2.75) is 19.4 Å². The Hall–Kier alpha value is -2.73. The van der Waals surface area contributed by atoms with Gasteiger partial charge in [0.25, 0.3) is 5.91 Å². The molecule has 2 amide bonds. The van der Waals surface area contributed by atoms with Gasteiger partial charge in [-0.3, -0.25) is 9.59 Å². The van der Waals surface area contributed by atoms with Crippen LogP contribution in [0.4, 0.5) is 5.69 Å². The van der Waals surface area contributed by atoms with Gasteiger partial charge in [-0.1, -0.05) is 17.7 Å². The lowest BCUT2D eigenvalue weighted by molar-refractivity contribution is -0.117. The van der Waals surface area contributed by atoms with E-state index in [0.717, 1.165) is 12.0 Å². The molecule has 0 unspecified atom stereocenters. The van der Waals surface area contributed by atoms with E-state index in [2.05, 4.69) is 5.32 Å². The number of nitrogens with zero attached hydrogens (tertiary/aromatic N) is 1. The van der Waals surface area contributed by atoms with Crippen LogP contribution in [0.15, 0.2) is 36.4 Å². The first kappa shape index (κ1) is 19.0. The maximum Gasteiger partial charge on any atom is 0.251 e. The van der Waals surface area contributed by atoms with Crippen molar-refractivity contribution in [2.75, 3.05) is 25.7 Å². The van der Waals surface area contributed by atoms with Crippen molar-refractivity contribution in [3.8, 4) is 11.5 Å². The highest BCUT2D eigenvalue weighted by Gasteiger charge is 2.24. The molecule has 0 spiro atoms. The minimum absolute atomic E-state index is 0.0276. The van der Waals surface area contributed by atoms with Gasteiger partial charge in [-0.25, -0.2) is 0 Å². The van der Waals surface area contributed by atoms with E-state index >= 15 is 0 Å². The van der Waals surface area contributed by atoms with Crippen LogP contribution in [0, 0.1) is 0 Å². The Morgan fingerprint density at radius 1 is 1.15 bits per heavy atom. The van der Waals surface area contributed by atoms with Gasteiger partial charge >= 0.3 is 0 Å². The van der Waals surface area contributed by atoms with E-state index in [9.17, 15) is 9.59 Å². The second-order valence-corrected chi connectivity index (χ2v) is 6.59. The first-order valence-corrected chi connectivity index (χ1v) is 9.00. The van der Waals surface area contributed by atoms with Crippen LogP contribution in [0.25, 0.3) is 0 Å². The Balaban J connectivity index is 1.72. The molecule has 0 saturated carbocycles. The second kappa shape index (κ2) is 8.31. The van der Waals surface area contributed by atoms with Crippen molar-refractivity contribution in [2.24, 2.45) is 0 Å². The summed E-state index contributed by atoms with van der Waals surface area (Å²) in [6.45, 7) is 0.953. The first-order chi connectivity index (χ1) is 13.0. The quantitative estimate of drug-likeness (QED) is 0.823. The van der Waals surface area contributed by atoms with Crippen molar-refractivity contribution in [3.63, 3.8) is 0 Å². The Morgan fingerprint density at radius 3 is 2.59 bits per heavy atom. The summed E-state index contributed by atoms with van der Waals surface area (Å²) in [6, 6.07) is 10.4. The van der Waals surface area contributed by atoms with Crippen LogP contribution in [0.3, 0.4) is 0 Å². The largest absolute Gasteiger partial charge is 0.493 e. The summed E-state index contributed by atoms with van der Waals surface area (Å²) in [4.78, 5) is 26.2. The number of carbonyl (C=O) groups excluding carboxylic acids is 2. The minimum atomic E-state index is -0.241. The topological polar surface area (TPSA) is 67.9 Å². The molecule has 1 saturated heterocycles. The lowest BCUT2D eigenvalue weighted by Crippen LogP contribution is -2.26. The van der Waals surface area contributed by atoms with Crippen LogP contribution in [0.5, 0.6) is 11.5 Å². The van der Waals surface area contributed by atoms with E-state index in [1.165, 1.54) is 0 Å². The van der Waals surface area contributed by atoms with Gasteiger partial charge in [0.15, 0.2) is 11.5 Å². The highest BCUT2D eigenvalue weighted by molar-refractivity contribution is 6.34. The number of hydrogen-bond donors (Lipinski definition) is 1. The maximum absolute atomic E-state index is 12.5. The number of hydrogen-bond acceptors (Lipinski definition) is 4. The SMILES string of the molecule is COc1ccc(CNC(=O)c2ccc(Cl)c(N3CCCC3=O)c2)cc1OC. The van der Waals surface area contributed by atoms with Crippen molar-refractivity contribution < 1.29 is 19.1 Å². The van der Waals surface area contributed by atoms with E-state index in [1.54, 1.807) is 43.4 Å². The molecule has 0 bridgehead atoms. The molecular formula is C20H21ClN2O4. The molecule has 1 N–H and O–H groups in total. The molecule has 27 heavy (non-hydrogen) atoms. The Morgan fingerprint density at radius 2 is 1.93 bits per heavy atom. The van der Waals surface area contributed by atoms with E-state index in [-0.39, 0.29) is 11.8 Å². The number of rotatable bonds is 6. The zero-order valence-corrected chi connectivity index (χ0v) is 16.0. The van der Waals surface area contributed by atoms with Gasteiger partial charge < -0.3 is 19.7 Å². The third kappa shape index (κ3) is 4.17. The highest BCUT2D eigenvalue weighted by Crippen LogP contribution is 2.31. The average molecular weight is 389 g/mol. The summed E-state index contributed by atoms with van der Waals surface area (Å²) in [6.07, 6.45) is 1.30. The molecule has 6 nitrogen and oxygen atoms in total. The number of ether oxygens (including phenoxy) is 2. The predicted molar refractivity (Wildman–Crippen MR) is 104 cm³/mol. The molecular weight excluding hydrogens is 368 g/mol. The molecule has 1 heterocycles. The van der Waals surface area contributed by atoms with Crippen LogP contribution in [-0.4, -0.2) is 32.6 Å². The lowest BCUT2D eigenvalue weighted by atomic mass is 10.1. The maximum atomic E-state index is 12.5. The molecule has 142 valence electrons. The molecule has 3 rings (SSSR count). The molecule has 1 aliphatic rings. The summed E-state index contributed by atoms with van der Waals surface area (Å²) in [5, 5.41) is 3.33. The van der Waals surface area contributed by atoms with E-state index in [1.807, 2.05) is 12.1 Å². The monoisotopic (exact) mass is 388 g/mol. The zero-order valence-electron chi connectivity index (χ0n) is 15.3. The summed E-state index contributed by atoms with van der Waals surface area (Å²) in [7, 11) is 3.14. The van der Waals surface area contributed by atoms with Gasteiger partial charge in [0.05, 0.1) is 24.9 Å². The molecule has 0 radical (unpaired) electrons. The second-order valence-electron chi connectivity index (χ2n) is 6.19. The fraction of sp³-hybridized carbons (Fsp3) is 0.300. The Bertz CT molecular complexity index is 869. The van der Waals surface area contributed by atoms with Crippen molar-refractivity contribution in [1.29, 1.82) is 0 Å². The summed E-state index contributed by atoms with van der Waals surface area (Å²) < 4.78 is 10.5. The van der Waals surface area contributed by atoms with Crippen LogP contribution < -0.4 is 19.7 Å². The van der Waals surface area contributed by atoms with Crippen molar-refractivity contribution in [3.05, 3.63) is 52.5 Å². The van der Waals surface area contributed by atoms with E-state index < -0.39 is 0 Å². The van der Waals surface area contributed by atoms with Gasteiger partial charge in [-0.15, -0.1) is 0 Å². The molecule has 7 heteroatoms. The van der Waals surface area contributed by atoms with E-state index in [0.29, 0.717) is 47.3 Å². The third-order valence-electron chi connectivity index (χ3n) is 4.47. The van der Waals surface area contributed by atoms with Gasteiger partial charge in [-0.05, 0) is 42.3 Å². The molecule has 2 aromatic carbocycles. The first-order valence-electron chi connectivity index (χ1n) is 8.62. The summed E-state index contributed by atoms with van der Waals surface area (Å²) >= 11 is 6.23. The fourth-order valence-corrected chi connectivity index (χ4v) is 3.26. The molecule has 1 aliphatic heterocycles. The van der Waals surface area contributed by atoms with Crippen LogP contribution in [-0.2, 0) is 11.3 Å². The van der Waals surface area contributed by atoms with Gasteiger partial charge in [-0.2, -0.15) is 0 Å². The number of nitrogens with one attached hydrogen (secondary N) is 1. The number of amides is 2. The number of carbonyl (C=O) groups is 2. The number of benzene rings is 2. The standard InChI is InChI=1S/C20H21ClN2O4/c1-26-17-8-5-13(10-18(17)27-2)12-22-20(25)14-6-7-15(21)16(11-14)23-9-3-4-19(23)24/h5-8,10-11H,3-4,9,12H2,1-2H3,(H,22,25). The minimum Gasteiger partial charge on any atom is -0.493 e. The van der Waals surface area contributed by atoms with Gasteiger partial charge in [0.1, 0.15) is 0 Å². The van der Waals surface area contributed by atoms with Crippen LogP contribution in [0.2, 0.25) is 5.02 Å². The van der Waals surface area contributed by atoms with Gasteiger partial charge in [0, 0.05) is 25.1 Å². The molecule has 0 atom stereocenters. The smallest absolute Gasteiger partial charge is 0.251 e. The molecule has 2 aromatic rings. The Kier molecular flexibility index (Phi) is 5.86. The van der Waals surface area contributed by atoms with E-state index in [4.69, 9.17) is 21.1 Å². The number of anilines is 1. The summed E-state index contributed by atoms with van der Waals surface area (Å²) in [5.41, 5.74) is 1.91. The van der Waals surface area contributed by atoms with Crippen LogP contribution in [0.1, 0.15) is 28.8 Å². The predicted octanol–water partition coefficient (Wildman–Crippen LogP) is 3.41. The molecule has 1 fully saturated rings. The fourth-order valence-electron chi connectivity index (χ4n) is 3.04. The average Bonchev–Trinajstić information content (AvgIpc) is 3.11. The lowest BCUT2D eigenvalue weighted by Gasteiger charge is -2.18. The number of halogens is 1. The van der Waals surface area contributed by atoms with Crippen molar-refractivity contribution >= 4 is 29.1 Å². The van der Waals surface area contributed by atoms with Crippen molar-refractivity contribution in [1.82, 2.24) is 5.32 Å². The normalized spacial score (nSPS) is 13.6.